The van der Waals surface area contributed by atoms with E-state index in [1.165, 1.54) is 0 Å². The Morgan fingerprint density at radius 1 is 1.08 bits per heavy atom. The molecule has 3 aromatic rings. The summed E-state index contributed by atoms with van der Waals surface area (Å²) in [5, 5.41) is 4.01. The summed E-state index contributed by atoms with van der Waals surface area (Å²) in [6.45, 7) is -0.0863. The number of hydrogen-bond donors (Lipinski definition) is 1. The zero-order valence-corrected chi connectivity index (χ0v) is 15.5. The highest BCUT2D eigenvalue weighted by Gasteiger charge is 2.04. The fourth-order valence-electron chi connectivity index (χ4n) is 2.23. The Labute approximate surface area is 159 Å². The summed E-state index contributed by atoms with van der Waals surface area (Å²) < 4.78 is 8.42. The van der Waals surface area contributed by atoms with Crippen molar-refractivity contribution in [2.75, 3.05) is 6.61 Å². The van der Waals surface area contributed by atoms with Gasteiger partial charge in [0.05, 0.1) is 15.5 Å². The van der Waals surface area contributed by atoms with Gasteiger partial charge in [-0.05, 0) is 59.0 Å². The lowest BCUT2D eigenvalue weighted by Crippen LogP contribution is -2.24. The molecule has 0 aliphatic rings. The van der Waals surface area contributed by atoms with Crippen molar-refractivity contribution in [3.8, 4) is 11.4 Å². The van der Waals surface area contributed by atoms with Crippen LogP contribution in [-0.2, 0) is 4.79 Å². The number of carbonyl (C=O) groups excluding carboxylic acids is 1. The van der Waals surface area contributed by atoms with Crippen LogP contribution in [0, 0.1) is 3.57 Å². The smallest absolute Gasteiger partial charge is 0.277 e. The van der Waals surface area contributed by atoms with E-state index in [0.717, 1.165) is 15.0 Å². The summed E-state index contributed by atoms with van der Waals surface area (Å²) >= 11 is 2.16. The Bertz CT molecular complexity index is 875. The van der Waals surface area contributed by atoms with Gasteiger partial charge in [0.15, 0.2) is 6.61 Å². The van der Waals surface area contributed by atoms with E-state index in [9.17, 15) is 4.79 Å². The van der Waals surface area contributed by atoms with E-state index in [1.807, 2.05) is 77.5 Å². The quantitative estimate of drug-likeness (QED) is 0.358. The zero-order valence-electron chi connectivity index (χ0n) is 13.3. The minimum Gasteiger partial charge on any atom is -0.483 e. The van der Waals surface area contributed by atoms with Gasteiger partial charge in [0.2, 0.25) is 0 Å². The highest BCUT2D eigenvalue weighted by Crippen LogP contribution is 2.19. The number of hydrazone groups is 1. The van der Waals surface area contributed by atoms with E-state index >= 15 is 0 Å². The van der Waals surface area contributed by atoms with Crippen molar-refractivity contribution in [2.24, 2.45) is 5.10 Å². The molecule has 126 valence electrons. The Kier molecular flexibility index (Phi) is 5.84. The normalized spacial score (nSPS) is 10.8. The summed E-state index contributed by atoms with van der Waals surface area (Å²) in [6.07, 6.45) is 3.55. The maximum atomic E-state index is 11.9. The van der Waals surface area contributed by atoms with Crippen molar-refractivity contribution in [3.63, 3.8) is 0 Å². The molecule has 1 amide bonds. The van der Waals surface area contributed by atoms with Gasteiger partial charge in [0.25, 0.3) is 5.91 Å². The molecule has 0 aliphatic heterocycles. The first-order valence-electron chi connectivity index (χ1n) is 7.66. The van der Waals surface area contributed by atoms with E-state index in [-0.39, 0.29) is 12.5 Å². The first-order chi connectivity index (χ1) is 12.2. The van der Waals surface area contributed by atoms with Crippen LogP contribution in [0.25, 0.3) is 5.69 Å². The molecule has 1 heterocycles. The Balaban J connectivity index is 1.56. The molecule has 0 radical (unpaired) electrons. The third-order valence-corrected chi connectivity index (χ3v) is 4.29. The topological polar surface area (TPSA) is 55.6 Å². The van der Waals surface area contributed by atoms with Crippen LogP contribution >= 0.6 is 22.6 Å². The average molecular weight is 445 g/mol. The van der Waals surface area contributed by atoms with Crippen molar-refractivity contribution < 1.29 is 9.53 Å². The van der Waals surface area contributed by atoms with Crippen LogP contribution < -0.4 is 10.2 Å². The molecule has 25 heavy (non-hydrogen) atoms. The van der Waals surface area contributed by atoms with Crippen LogP contribution in [-0.4, -0.2) is 23.3 Å². The Morgan fingerprint density at radius 3 is 2.64 bits per heavy atom. The summed E-state index contributed by atoms with van der Waals surface area (Å²) in [4.78, 5) is 11.9. The van der Waals surface area contributed by atoms with Crippen LogP contribution in [0.4, 0.5) is 0 Å². The van der Waals surface area contributed by atoms with Crippen molar-refractivity contribution in [3.05, 3.63) is 82.2 Å². The number of aromatic nitrogens is 1. The molecule has 0 saturated heterocycles. The molecule has 1 N–H and O–H groups in total. The second-order valence-corrected chi connectivity index (χ2v) is 6.31. The molecule has 0 spiro atoms. The molecule has 2 aromatic carbocycles. The third kappa shape index (κ3) is 4.69. The number of nitrogens with one attached hydrogen (secondary N) is 1. The molecule has 0 atom stereocenters. The molecule has 0 bridgehead atoms. The molecule has 0 aliphatic carbocycles. The second-order valence-electron chi connectivity index (χ2n) is 5.15. The largest absolute Gasteiger partial charge is 0.483 e. The number of amides is 1. The molecule has 6 heteroatoms. The monoisotopic (exact) mass is 445 g/mol. The van der Waals surface area contributed by atoms with Gasteiger partial charge in [-0.3, -0.25) is 4.79 Å². The first-order valence-corrected chi connectivity index (χ1v) is 8.74. The molecule has 5 nitrogen and oxygen atoms in total. The number of nitrogens with zero attached hydrogens (tertiary/aromatic N) is 2. The SMILES string of the molecule is O=C(COc1ccccc1I)N/N=C\c1cccn1-c1ccccc1. The number of rotatable bonds is 6. The van der Waals surface area contributed by atoms with Gasteiger partial charge in [-0.1, -0.05) is 30.3 Å². The number of benzene rings is 2. The van der Waals surface area contributed by atoms with Gasteiger partial charge in [0.1, 0.15) is 5.75 Å². The predicted molar refractivity (Wildman–Crippen MR) is 106 cm³/mol. The Hall–Kier alpha value is -2.61. The number of para-hydroxylation sites is 2. The maximum absolute atomic E-state index is 11.9. The van der Waals surface area contributed by atoms with Crippen LogP contribution in [0.3, 0.4) is 0 Å². The Morgan fingerprint density at radius 2 is 1.84 bits per heavy atom. The summed E-state index contributed by atoms with van der Waals surface area (Å²) in [7, 11) is 0. The van der Waals surface area contributed by atoms with E-state index in [0.29, 0.717) is 5.75 Å². The van der Waals surface area contributed by atoms with Crippen LogP contribution in [0.15, 0.2) is 78.0 Å². The first kappa shape index (κ1) is 17.2. The predicted octanol–water partition coefficient (Wildman–Crippen LogP) is 3.61. The van der Waals surface area contributed by atoms with Gasteiger partial charge in [-0.25, -0.2) is 5.43 Å². The van der Waals surface area contributed by atoms with Crippen molar-refractivity contribution in [2.45, 2.75) is 0 Å². The third-order valence-electron chi connectivity index (χ3n) is 3.40. The van der Waals surface area contributed by atoms with Crippen molar-refractivity contribution in [1.29, 1.82) is 0 Å². The van der Waals surface area contributed by atoms with E-state index in [2.05, 4.69) is 33.1 Å². The lowest BCUT2D eigenvalue weighted by Gasteiger charge is -2.07. The summed E-state index contributed by atoms with van der Waals surface area (Å²) in [5.41, 5.74) is 4.37. The molecule has 3 rings (SSSR count). The van der Waals surface area contributed by atoms with E-state index in [4.69, 9.17) is 4.74 Å². The van der Waals surface area contributed by atoms with Gasteiger partial charge in [-0.2, -0.15) is 5.10 Å². The highest BCUT2D eigenvalue weighted by atomic mass is 127. The van der Waals surface area contributed by atoms with Gasteiger partial charge < -0.3 is 9.30 Å². The van der Waals surface area contributed by atoms with Crippen LogP contribution in [0.2, 0.25) is 0 Å². The van der Waals surface area contributed by atoms with Crippen LogP contribution in [0.5, 0.6) is 5.75 Å². The van der Waals surface area contributed by atoms with E-state index < -0.39 is 0 Å². The standard InChI is InChI=1S/C19H16IN3O2/c20-17-10-4-5-11-18(17)25-14-19(24)22-21-13-16-9-6-12-23(16)15-7-2-1-3-8-15/h1-13H,14H2,(H,22,24)/b21-13-. The molecular formula is C19H16IN3O2. The lowest BCUT2D eigenvalue weighted by atomic mass is 10.3. The number of carbonyl (C=O) groups is 1. The molecule has 0 unspecified atom stereocenters. The lowest BCUT2D eigenvalue weighted by molar-refractivity contribution is -0.123. The van der Waals surface area contributed by atoms with Gasteiger partial charge in [-0.15, -0.1) is 0 Å². The maximum Gasteiger partial charge on any atom is 0.277 e. The number of hydrogen-bond acceptors (Lipinski definition) is 3. The molecule has 0 fully saturated rings. The molecular weight excluding hydrogens is 429 g/mol. The highest BCUT2D eigenvalue weighted by molar-refractivity contribution is 14.1. The second kappa shape index (κ2) is 8.48. The summed E-state index contributed by atoms with van der Waals surface area (Å²) in [6, 6.07) is 21.3. The van der Waals surface area contributed by atoms with Gasteiger partial charge >= 0.3 is 0 Å². The van der Waals surface area contributed by atoms with E-state index in [1.54, 1.807) is 6.21 Å². The minimum atomic E-state index is -0.311. The average Bonchev–Trinajstić information content (AvgIpc) is 3.10. The van der Waals surface area contributed by atoms with Crippen molar-refractivity contribution >= 4 is 34.7 Å². The minimum absolute atomic E-state index is 0.0863. The fourth-order valence-corrected chi connectivity index (χ4v) is 2.77. The van der Waals surface area contributed by atoms with Crippen molar-refractivity contribution in [1.82, 2.24) is 9.99 Å². The molecule has 0 saturated carbocycles. The van der Waals surface area contributed by atoms with Crippen LogP contribution in [0.1, 0.15) is 5.69 Å². The fraction of sp³-hybridized carbons (Fsp3) is 0.0526. The number of ether oxygens (including phenoxy) is 1. The molecule has 1 aromatic heterocycles. The number of halogens is 1. The summed E-state index contributed by atoms with van der Waals surface area (Å²) in [5.74, 6) is 0.369. The van der Waals surface area contributed by atoms with Gasteiger partial charge in [0, 0.05) is 11.9 Å². The zero-order chi connectivity index (χ0) is 17.5.